The largest absolute Gasteiger partial charge is 0.490 e. The number of hydrogen-bond donors (Lipinski definition) is 1. The maximum Gasteiger partial charge on any atom is 0.335 e. The summed E-state index contributed by atoms with van der Waals surface area (Å²) in [6.45, 7) is 4.75. The van der Waals surface area contributed by atoms with Gasteiger partial charge in [-0.15, -0.1) is 0 Å². The maximum atomic E-state index is 10.9. The first kappa shape index (κ1) is 25.3. The third kappa shape index (κ3) is 8.89. The Morgan fingerprint density at radius 2 is 1.26 bits per heavy atom. The summed E-state index contributed by atoms with van der Waals surface area (Å²) < 4.78 is 11.4. The van der Waals surface area contributed by atoms with Gasteiger partial charge in [-0.1, -0.05) is 42.5 Å². The van der Waals surface area contributed by atoms with Crippen molar-refractivity contribution in [1.82, 2.24) is 9.80 Å². The van der Waals surface area contributed by atoms with E-state index >= 15 is 0 Å². The fraction of sp³-hybridized carbons (Fsp3) is 0.321. The van der Waals surface area contributed by atoms with Crippen LogP contribution in [0.3, 0.4) is 0 Å². The molecule has 0 fully saturated rings. The van der Waals surface area contributed by atoms with Gasteiger partial charge >= 0.3 is 5.97 Å². The van der Waals surface area contributed by atoms with E-state index < -0.39 is 5.97 Å². The average molecular weight is 463 g/mol. The Balaban J connectivity index is 1.30. The lowest BCUT2D eigenvalue weighted by Crippen LogP contribution is -2.31. The van der Waals surface area contributed by atoms with Gasteiger partial charge in [0.25, 0.3) is 0 Å². The van der Waals surface area contributed by atoms with Gasteiger partial charge in [-0.05, 0) is 68.0 Å². The van der Waals surface area contributed by atoms with Crippen LogP contribution in [0.2, 0.25) is 0 Å². The Bertz CT molecular complexity index is 991. The van der Waals surface area contributed by atoms with Gasteiger partial charge in [0, 0.05) is 26.2 Å². The molecule has 0 heterocycles. The predicted octanol–water partition coefficient (Wildman–Crippen LogP) is 4.45. The van der Waals surface area contributed by atoms with Crippen molar-refractivity contribution in [1.29, 1.82) is 0 Å². The Labute approximate surface area is 202 Å². The minimum atomic E-state index is -0.887. The second kappa shape index (κ2) is 13.4. The van der Waals surface area contributed by atoms with E-state index in [1.807, 2.05) is 54.6 Å². The van der Waals surface area contributed by atoms with Crippen molar-refractivity contribution >= 4 is 5.97 Å². The lowest BCUT2D eigenvalue weighted by molar-refractivity contribution is 0.0697. The summed E-state index contributed by atoms with van der Waals surface area (Å²) in [7, 11) is 4.25. The molecule has 0 aliphatic rings. The molecular weight excluding hydrogens is 428 g/mol. The summed E-state index contributed by atoms with van der Waals surface area (Å²) in [4.78, 5) is 15.6. The van der Waals surface area contributed by atoms with Crippen molar-refractivity contribution in [3.8, 4) is 11.5 Å². The van der Waals surface area contributed by atoms with Gasteiger partial charge in [-0.25, -0.2) is 4.79 Å². The van der Waals surface area contributed by atoms with Crippen LogP contribution in [-0.4, -0.2) is 67.8 Å². The zero-order valence-electron chi connectivity index (χ0n) is 20.0. The van der Waals surface area contributed by atoms with Gasteiger partial charge in [-0.3, -0.25) is 0 Å². The highest BCUT2D eigenvalue weighted by molar-refractivity contribution is 5.87. The molecule has 6 nitrogen and oxygen atoms in total. The second-order valence-corrected chi connectivity index (χ2v) is 8.45. The van der Waals surface area contributed by atoms with Crippen molar-refractivity contribution in [2.75, 3.05) is 46.9 Å². The summed E-state index contributed by atoms with van der Waals surface area (Å²) in [5, 5.41) is 8.99. The molecule has 0 unspecified atom stereocenters. The summed E-state index contributed by atoms with van der Waals surface area (Å²) in [5.41, 5.74) is 2.73. The zero-order valence-corrected chi connectivity index (χ0v) is 20.0. The normalized spacial score (nSPS) is 11.1. The van der Waals surface area contributed by atoms with E-state index in [1.54, 1.807) is 12.1 Å². The maximum absolute atomic E-state index is 10.9. The molecule has 3 aromatic rings. The summed E-state index contributed by atoms with van der Waals surface area (Å²) in [5.74, 6) is 0.811. The first-order chi connectivity index (χ1) is 16.5. The number of aromatic carboxylic acids is 1. The van der Waals surface area contributed by atoms with E-state index in [4.69, 9.17) is 14.6 Å². The number of nitrogens with zero attached hydrogens (tertiary/aromatic N) is 2. The van der Waals surface area contributed by atoms with Crippen molar-refractivity contribution in [3.05, 3.63) is 95.6 Å². The zero-order chi connectivity index (χ0) is 24.2. The van der Waals surface area contributed by atoms with Crippen molar-refractivity contribution < 1.29 is 19.4 Å². The number of benzene rings is 3. The number of rotatable bonds is 14. The lowest BCUT2D eigenvalue weighted by atomic mass is 10.1. The molecule has 0 radical (unpaired) electrons. The van der Waals surface area contributed by atoms with E-state index in [9.17, 15) is 4.79 Å². The molecule has 0 amide bonds. The first-order valence-corrected chi connectivity index (χ1v) is 11.6. The summed E-state index contributed by atoms with van der Waals surface area (Å²) >= 11 is 0. The predicted molar refractivity (Wildman–Crippen MR) is 135 cm³/mol. The Morgan fingerprint density at radius 3 is 1.88 bits per heavy atom. The number of carboxylic acids is 1. The second-order valence-electron chi connectivity index (χ2n) is 8.45. The van der Waals surface area contributed by atoms with Crippen LogP contribution in [0.4, 0.5) is 0 Å². The van der Waals surface area contributed by atoms with Crippen molar-refractivity contribution in [2.45, 2.75) is 13.0 Å². The standard InChI is InChI=1S/C28H34N2O4/c1-29(17-16-23-8-12-25(13-9-23)28(31)32)18-19-30(2)22-24-10-14-27(15-11-24)34-21-20-33-26-6-4-3-5-7-26/h3-15H,16-22H2,1-2H3,(H,31,32). The van der Waals surface area contributed by atoms with Crippen LogP contribution in [0, 0.1) is 0 Å². The van der Waals surface area contributed by atoms with E-state index in [0.717, 1.165) is 49.7 Å². The van der Waals surface area contributed by atoms with Crippen LogP contribution < -0.4 is 9.47 Å². The molecule has 0 saturated heterocycles. The van der Waals surface area contributed by atoms with Gasteiger partial charge in [0.2, 0.25) is 0 Å². The Kier molecular flexibility index (Phi) is 9.95. The Morgan fingerprint density at radius 1 is 0.706 bits per heavy atom. The smallest absolute Gasteiger partial charge is 0.335 e. The van der Waals surface area contributed by atoms with Gasteiger partial charge in [-0.2, -0.15) is 0 Å². The monoisotopic (exact) mass is 462 g/mol. The molecule has 0 saturated carbocycles. The SMILES string of the molecule is CN(CCc1ccc(C(=O)O)cc1)CCN(C)Cc1ccc(OCCOc2ccccc2)cc1. The molecule has 3 aromatic carbocycles. The minimum Gasteiger partial charge on any atom is -0.490 e. The fourth-order valence-corrected chi connectivity index (χ4v) is 3.50. The molecule has 0 aliphatic heterocycles. The number of para-hydroxylation sites is 1. The highest BCUT2D eigenvalue weighted by atomic mass is 16.5. The van der Waals surface area contributed by atoms with Crippen LogP contribution in [0.1, 0.15) is 21.5 Å². The van der Waals surface area contributed by atoms with Crippen LogP contribution >= 0.6 is 0 Å². The van der Waals surface area contributed by atoms with Crippen molar-refractivity contribution in [2.24, 2.45) is 0 Å². The topological polar surface area (TPSA) is 62.2 Å². The van der Waals surface area contributed by atoms with Gasteiger partial charge in [0.15, 0.2) is 0 Å². The third-order valence-electron chi connectivity index (χ3n) is 5.59. The minimum absolute atomic E-state index is 0.329. The van der Waals surface area contributed by atoms with Gasteiger partial charge in [0.1, 0.15) is 24.7 Å². The average Bonchev–Trinajstić information content (AvgIpc) is 2.86. The molecule has 6 heteroatoms. The molecule has 0 atom stereocenters. The fourth-order valence-electron chi connectivity index (χ4n) is 3.50. The summed E-state index contributed by atoms with van der Waals surface area (Å²) in [6, 6.07) is 25.1. The highest BCUT2D eigenvalue weighted by Crippen LogP contribution is 2.14. The number of carboxylic acid groups (broad SMARTS) is 1. The number of likely N-dealkylation sites (N-methyl/N-ethyl adjacent to an activating group) is 2. The molecule has 180 valence electrons. The van der Waals surface area contributed by atoms with Crippen LogP contribution in [0.15, 0.2) is 78.9 Å². The molecule has 3 rings (SSSR count). The quantitative estimate of drug-likeness (QED) is 0.357. The first-order valence-electron chi connectivity index (χ1n) is 11.6. The number of hydrogen-bond acceptors (Lipinski definition) is 5. The van der Waals surface area contributed by atoms with Crippen molar-refractivity contribution in [3.63, 3.8) is 0 Å². The van der Waals surface area contributed by atoms with Gasteiger partial charge < -0.3 is 24.4 Å². The molecule has 34 heavy (non-hydrogen) atoms. The highest BCUT2D eigenvalue weighted by Gasteiger charge is 2.06. The van der Waals surface area contributed by atoms with Crippen LogP contribution in [0.25, 0.3) is 0 Å². The molecule has 1 N–H and O–H groups in total. The Hall–Kier alpha value is -3.35. The van der Waals surface area contributed by atoms with E-state index in [0.29, 0.717) is 18.8 Å². The van der Waals surface area contributed by atoms with Gasteiger partial charge in [0.05, 0.1) is 5.56 Å². The van der Waals surface area contributed by atoms with Crippen LogP contribution in [0.5, 0.6) is 11.5 Å². The lowest BCUT2D eigenvalue weighted by Gasteiger charge is -2.22. The third-order valence-corrected chi connectivity index (χ3v) is 5.59. The van der Waals surface area contributed by atoms with Crippen LogP contribution in [-0.2, 0) is 13.0 Å². The summed E-state index contributed by atoms with van der Waals surface area (Å²) in [6.07, 6.45) is 0.901. The van der Waals surface area contributed by atoms with E-state index in [-0.39, 0.29) is 0 Å². The molecule has 0 spiro atoms. The number of carbonyl (C=O) groups is 1. The molecule has 0 aromatic heterocycles. The molecular formula is C28H34N2O4. The van der Waals surface area contributed by atoms with E-state index in [1.165, 1.54) is 5.56 Å². The molecule has 0 bridgehead atoms. The number of ether oxygens (including phenoxy) is 2. The van der Waals surface area contributed by atoms with E-state index in [2.05, 4.69) is 36.0 Å². The molecule has 0 aliphatic carbocycles.